The molecular formula is C14H20FNO2. The van der Waals surface area contributed by atoms with Crippen LogP contribution in [0.15, 0.2) is 18.2 Å². The summed E-state index contributed by atoms with van der Waals surface area (Å²) in [5, 5.41) is 12.0. The van der Waals surface area contributed by atoms with Gasteiger partial charge in [-0.15, -0.1) is 0 Å². The second-order valence-electron chi connectivity index (χ2n) is 4.82. The highest BCUT2D eigenvalue weighted by Gasteiger charge is 2.07. The molecule has 0 unspecified atom stereocenters. The van der Waals surface area contributed by atoms with Crippen molar-refractivity contribution in [2.45, 2.75) is 33.2 Å². The van der Waals surface area contributed by atoms with Gasteiger partial charge < -0.3 is 10.4 Å². The Labute approximate surface area is 107 Å². The number of rotatable bonds is 7. The van der Waals surface area contributed by atoms with Crippen LogP contribution in [0.3, 0.4) is 0 Å². The van der Waals surface area contributed by atoms with Crippen molar-refractivity contribution in [2.75, 3.05) is 6.54 Å². The molecule has 0 amide bonds. The Bertz CT molecular complexity index is 405. The van der Waals surface area contributed by atoms with Gasteiger partial charge in [-0.2, -0.15) is 0 Å². The lowest BCUT2D eigenvalue weighted by Crippen LogP contribution is -2.16. The SMILES string of the molecule is CC(C)CCCNCc1cc(C(=O)O)ccc1F. The van der Waals surface area contributed by atoms with Gasteiger partial charge >= 0.3 is 5.97 Å². The van der Waals surface area contributed by atoms with E-state index in [9.17, 15) is 9.18 Å². The number of nitrogens with one attached hydrogen (secondary N) is 1. The van der Waals surface area contributed by atoms with Crippen LogP contribution in [0.2, 0.25) is 0 Å². The van der Waals surface area contributed by atoms with Crippen LogP contribution in [-0.4, -0.2) is 17.6 Å². The van der Waals surface area contributed by atoms with E-state index in [0.29, 0.717) is 18.0 Å². The first kappa shape index (κ1) is 14.6. The van der Waals surface area contributed by atoms with Crippen LogP contribution in [0.4, 0.5) is 4.39 Å². The highest BCUT2D eigenvalue weighted by atomic mass is 19.1. The summed E-state index contributed by atoms with van der Waals surface area (Å²) in [6.45, 7) is 5.51. The minimum Gasteiger partial charge on any atom is -0.478 e. The Morgan fingerprint density at radius 1 is 1.44 bits per heavy atom. The molecule has 0 heterocycles. The molecule has 0 aliphatic rings. The van der Waals surface area contributed by atoms with Crippen molar-refractivity contribution >= 4 is 5.97 Å². The zero-order valence-electron chi connectivity index (χ0n) is 10.9. The monoisotopic (exact) mass is 253 g/mol. The number of hydrogen-bond donors (Lipinski definition) is 2. The lowest BCUT2D eigenvalue weighted by Gasteiger charge is -2.08. The lowest BCUT2D eigenvalue weighted by molar-refractivity contribution is 0.0696. The first-order valence-electron chi connectivity index (χ1n) is 6.23. The van der Waals surface area contributed by atoms with Crippen molar-refractivity contribution < 1.29 is 14.3 Å². The summed E-state index contributed by atoms with van der Waals surface area (Å²) >= 11 is 0. The fraction of sp³-hybridized carbons (Fsp3) is 0.500. The number of carbonyl (C=O) groups is 1. The second-order valence-corrected chi connectivity index (χ2v) is 4.82. The third-order valence-corrected chi connectivity index (χ3v) is 2.74. The van der Waals surface area contributed by atoms with E-state index < -0.39 is 5.97 Å². The van der Waals surface area contributed by atoms with Crippen molar-refractivity contribution in [3.05, 3.63) is 35.1 Å². The van der Waals surface area contributed by atoms with Gasteiger partial charge in [0.25, 0.3) is 0 Å². The molecule has 0 bridgehead atoms. The number of hydrogen-bond acceptors (Lipinski definition) is 2. The van der Waals surface area contributed by atoms with E-state index in [-0.39, 0.29) is 11.4 Å². The predicted molar refractivity (Wildman–Crippen MR) is 69.1 cm³/mol. The van der Waals surface area contributed by atoms with Gasteiger partial charge in [0.15, 0.2) is 0 Å². The average molecular weight is 253 g/mol. The number of halogens is 1. The van der Waals surface area contributed by atoms with Crippen LogP contribution in [-0.2, 0) is 6.54 Å². The Morgan fingerprint density at radius 3 is 2.78 bits per heavy atom. The predicted octanol–water partition coefficient (Wildman–Crippen LogP) is 3.05. The molecule has 0 atom stereocenters. The zero-order chi connectivity index (χ0) is 13.5. The topological polar surface area (TPSA) is 49.3 Å². The average Bonchev–Trinajstić information content (AvgIpc) is 2.30. The maximum atomic E-state index is 13.4. The molecule has 100 valence electrons. The fourth-order valence-corrected chi connectivity index (χ4v) is 1.70. The first-order valence-corrected chi connectivity index (χ1v) is 6.23. The van der Waals surface area contributed by atoms with Crippen LogP contribution in [0, 0.1) is 11.7 Å². The Balaban J connectivity index is 2.46. The Hall–Kier alpha value is -1.42. The van der Waals surface area contributed by atoms with Gasteiger partial charge in [0.1, 0.15) is 5.82 Å². The number of carboxylic acids is 1. The normalized spacial score (nSPS) is 10.9. The van der Waals surface area contributed by atoms with Gasteiger partial charge in [-0.1, -0.05) is 13.8 Å². The maximum Gasteiger partial charge on any atom is 0.335 e. The summed E-state index contributed by atoms with van der Waals surface area (Å²) in [6, 6.07) is 3.86. The Morgan fingerprint density at radius 2 is 2.17 bits per heavy atom. The van der Waals surface area contributed by atoms with E-state index in [1.54, 1.807) is 0 Å². The molecule has 0 aliphatic heterocycles. The molecule has 4 heteroatoms. The van der Waals surface area contributed by atoms with E-state index in [2.05, 4.69) is 19.2 Å². The molecule has 0 spiro atoms. The summed E-state index contributed by atoms with van der Waals surface area (Å²) in [6.07, 6.45) is 2.17. The van der Waals surface area contributed by atoms with Crippen LogP contribution >= 0.6 is 0 Å². The first-order chi connectivity index (χ1) is 8.50. The smallest absolute Gasteiger partial charge is 0.335 e. The molecule has 0 aromatic heterocycles. The van der Waals surface area contributed by atoms with Crippen LogP contribution in [0.25, 0.3) is 0 Å². The van der Waals surface area contributed by atoms with Crippen molar-refractivity contribution in [2.24, 2.45) is 5.92 Å². The van der Waals surface area contributed by atoms with Crippen molar-refractivity contribution in [1.82, 2.24) is 5.32 Å². The number of aromatic carboxylic acids is 1. The van der Waals surface area contributed by atoms with E-state index in [0.717, 1.165) is 19.4 Å². The maximum absolute atomic E-state index is 13.4. The third-order valence-electron chi connectivity index (χ3n) is 2.74. The van der Waals surface area contributed by atoms with Crippen molar-refractivity contribution in [1.29, 1.82) is 0 Å². The quantitative estimate of drug-likeness (QED) is 0.734. The molecule has 2 N–H and O–H groups in total. The van der Waals surface area contributed by atoms with E-state index >= 15 is 0 Å². The molecule has 1 rings (SSSR count). The summed E-state index contributed by atoms with van der Waals surface area (Å²) in [7, 11) is 0. The Kier molecular flexibility index (Phi) is 5.78. The second kappa shape index (κ2) is 7.11. The molecule has 0 saturated heterocycles. The minimum atomic E-state index is -1.03. The number of carboxylic acid groups (broad SMARTS) is 1. The minimum absolute atomic E-state index is 0.121. The summed E-state index contributed by atoms with van der Waals surface area (Å²) in [5.74, 6) is -0.730. The molecule has 0 fully saturated rings. The van der Waals surface area contributed by atoms with Gasteiger partial charge in [-0.05, 0) is 43.5 Å². The lowest BCUT2D eigenvalue weighted by atomic mass is 10.1. The van der Waals surface area contributed by atoms with Crippen LogP contribution in [0.5, 0.6) is 0 Å². The van der Waals surface area contributed by atoms with Gasteiger partial charge in [-0.3, -0.25) is 0 Å². The molecule has 3 nitrogen and oxygen atoms in total. The standard InChI is InChI=1S/C14H20FNO2/c1-10(2)4-3-7-16-9-12-8-11(14(17)18)5-6-13(12)15/h5-6,8,10,16H,3-4,7,9H2,1-2H3,(H,17,18). The van der Waals surface area contributed by atoms with Crippen LogP contribution in [0.1, 0.15) is 42.6 Å². The van der Waals surface area contributed by atoms with Crippen molar-refractivity contribution in [3.63, 3.8) is 0 Å². The molecule has 0 aliphatic carbocycles. The van der Waals surface area contributed by atoms with Crippen molar-refractivity contribution in [3.8, 4) is 0 Å². The van der Waals surface area contributed by atoms with Crippen LogP contribution < -0.4 is 5.32 Å². The van der Waals surface area contributed by atoms with E-state index in [1.165, 1.54) is 18.2 Å². The molecular weight excluding hydrogens is 233 g/mol. The largest absolute Gasteiger partial charge is 0.478 e. The zero-order valence-corrected chi connectivity index (χ0v) is 10.9. The van der Waals surface area contributed by atoms with Gasteiger partial charge in [0.2, 0.25) is 0 Å². The number of benzene rings is 1. The molecule has 0 saturated carbocycles. The van der Waals surface area contributed by atoms with Gasteiger partial charge in [0, 0.05) is 12.1 Å². The summed E-state index contributed by atoms with van der Waals surface area (Å²) in [5.41, 5.74) is 0.523. The fourth-order valence-electron chi connectivity index (χ4n) is 1.70. The molecule has 0 radical (unpaired) electrons. The highest BCUT2D eigenvalue weighted by Crippen LogP contribution is 2.11. The molecule has 1 aromatic carbocycles. The van der Waals surface area contributed by atoms with Gasteiger partial charge in [0.05, 0.1) is 5.56 Å². The van der Waals surface area contributed by atoms with Gasteiger partial charge in [-0.25, -0.2) is 9.18 Å². The third kappa shape index (κ3) is 4.84. The summed E-state index contributed by atoms with van der Waals surface area (Å²) < 4.78 is 13.4. The molecule has 1 aromatic rings. The van der Waals surface area contributed by atoms with E-state index in [1.807, 2.05) is 0 Å². The van der Waals surface area contributed by atoms with E-state index in [4.69, 9.17) is 5.11 Å². The summed E-state index contributed by atoms with van der Waals surface area (Å²) in [4.78, 5) is 10.8. The molecule has 18 heavy (non-hydrogen) atoms. The highest BCUT2D eigenvalue weighted by molar-refractivity contribution is 5.87.